The van der Waals surface area contributed by atoms with Crippen molar-refractivity contribution in [3.05, 3.63) is 192 Å². The van der Waals surface area contributed by atoms with Crippen LogP contribution in [-0.2, 0) is 0 Å². The number of hydrogen-bond acceptors (Lipinski definition) is 5. The maximum Gasteiger partial charge on any atom is 0.159 e. The molecule has 0 aliphatic carbocycles. The third kappa shape index (κ3) is 5.91. The predicted octanol–water partition coefficient (Wildman–Crippen LogP) is 17.7. The molecular weight excluding hydrogens is 795 g/mol. The first-order valence-corrected chi connectivity index (χ1v) is 22.5. The van der Waals surface area contributed by atoms with Gasteiger partial charge in [0.05, 0.1) is 34.4 Å². The molecule has 2 aromatic heterocycles. The van der Waals surface area contributed by atoms with E-state index in [2.05, 4.69) is 190 Å². The highest BCUT2D eigenvalue weighted by Crippen LogP contribution is 2.53. The average Bonchev–Trinajstić information content (AvgIpc) is 3.91. The molecule has 12 rings (SSSR count). The van der Waals surface area contributed by atoms with Crippen LogP contribution < -0.4 is 9.80 Å². The van der Waals surface area contributed by atoms with Crippen LogP contribution in [0, 0.1) is 18.3 Å². The molecule has 10 aromatic carbocycles. The van der Waals surface area contributed by atoms with Gasteiger partial charge in [-0.3, -0.25) is 0 Å². The lowest BCUT2D eigenvalue weighted by atomic mass is 9.84. The maximum atomic E-state index is 9.90. The summed E-state index contributed by atoms with van der Waals surface area (Å²) in [6, 6.07) is 62.8. The van der Waals surface area contributed by atoms with Crippen LogP contribution in [0.15, 0.2) is 179 Å². The fraction of sp³-hybridized carbons (Fsp3) is 0.117. The molecule has 5 heteroatoms. The number of benzene rings is 10. The van der Waals surface area contributed by atoms with Gasteiger partial charge in [0.25, 0.3) is 0 Å². The van der Waals surface area contributed by atoms with E-state index in [1.165, 1.54) is 38.2 Å². The minimum absolute atomic E-state index is 0.210. The first-order valence-electron chi connectivity index (χ1n) is 22.5. The van der Waals surface area contributed by atoms with E-state index in [1.54, 1.807) is 0 Å². The second-order valence-electron chi connectivity index (χ2n) is 18.0. The topological polar surface area (TPSA) is 56.5 Å². The van der Waals surface area contributed by atoms with Crippen molar-refractivity contribution < 1.29 is 8.83 Å². The van der Waals surface area contributed by atoms with Gasteiger partial charge in [0.1, 0.15) is 11.2 Å². The van der Waals surface area contributed by atoms with Crippen molar-refractivity contribution in [2.24, 2.45) is 0 Å². The van der Waals surface area contributed by atoms with Gasteiger partial charge in [-0.2, -0.15) is 5.26 Å². The van der Waals surface area contributed by atoms with E-state index in [0.29, 0.717) is 5.56 Å². The summed E-state index contributed by atoms with van der Waals surface area (Å²) in [6.07, 6.45) is 0. The van der Waals surface area contributed by atoms with E-state index in [-0.39, 0.29) is 11.8 Å². The number of nitrogens with zero attached hydrogens (tertiary/aromatic N) is 3. The molecule has 0 unspecified atom stereocenters. The summed E-state index contributed by atoms with van der Waals surface area (Å²) in [5, 5.41) is 21.5. The summed E-state index contributed by atoms with van der Waals surface area (Å²) >= 11 is 0. The monoisotopic (exact) mass is 839 g/mol. The van der Waals surface area contributed by atoms with Crippen molar-refractivity contribution in [1.82, 2.24) is 0 Å². The van der Waals surface area contributed by atoms with Crippen molar-refractivity contribution >= 4 is 110 Å². The Kier molecular flexibility index (Phi) is 8.76. The molecule has 0 saturated heterocycles. The molecule has 5 nitrogen and oxygen atoms in total. The normalized spacial score (nSPS) is 12.0. The van der Waals surface area contributed by atoms with E-state index in [9.17, 15) is 5.26 Å². The molecule has 0 bridgehead atoms. The SMILES string of the molecule is Cc1ccc(N(c2cc(C(C)C)c3ccc4c(N(c5ccc(C#N)cc5)c5cccc6c5oc5ccccc56)cc(C(C)C)c5ccc2c3c54)c2cccc3c2oc2ccccc23)cc1. The summed E-state index contributed by atoms with van der Waals surface area (Å²) in [4.78, 5) is 4.76. The van der Waals surface area contributed by atoms with E-state index in [0.717, 1.165) is 88.8 Å². The second kappa shape index (κ2) is 14.8. The van der Waals surface area contributed by atoms with Crippen molar-refractivity contribution in [2.75, 3.05) is 9.80 Å². The van der Waals surface area contributed by atoms with Gasteiger partial charge in [-0.15, -0.1) is 0 Å². The van der Waals surface area contributed by atoms with Crippen LogP contribution in [0.1, 0.15) is 61.8 Å². The molecule has 0 aliphatic rings. The zero-order valence-corrected chi connectivity index (χ0v) is 37.0. The highest BCUT2D eigenvalue weighted by molar-refractivity contribution is 6.30. The minimum Gasteiger partial charge on any atom is -0.454 e. The number of aryl methyl sites for hydroxylation is 1. The maximum absolute atomic E-state index is 9.90. The van der Waals surface area contributed by atoms with Gasteiger partial charge in [0, 0.05) is 43.7 Å². The number of furan rings is 2. The average molecular weight is 840 g/mol. The molecule has 2 heterocycles. The largest absolute Gasteiger partial charge is 0.454 e. The van der Waals surface area contributed by atoms with Crippen LogP contribution in [0.3, 0.4) is 0 Å². The molecule has 0 radical (unpaired) electrons. The van der Waals surface area contributed by atoms with Gasteiger partial charge >= 0.3 is 0 Å². The number of rotatable bonds is 8. The Bertz CT molecular complexity index is 3870. The molecule has 0 saturated carbocycles. The van der Waals surface area contributed by atoms with Crippen molar-refractivity contribution in [3.8, 4) is 6.07 Å². The summed E-state index contributed by atoms with van der Waals surface area (Å²) in [5.74, 6) is 0.437. The lowest BCUT2D eigenvalue weighted by Crippen LogP contribution is -2.13. The first kappa shape index (κ1) is 38.6. The third-order valence-corrected chi connectivity index (χ3v) is 13.4. The van der Waals surface area contributed by atoms with Crippen molar-refractivity contribution in [1.29, 1.82) is 5.26 Å². The summed E-state index contributed by atoms with van der Waals surface area (Å²) < 4.78 is 13.6. The fourth-order valence-corrected chi connectivity index (χ4v) is 10.3. The Hall–Kier alpha value is -8.07. The Morgan fingerprint density at radius 2 is 0.831 bits per heavy atom. The number of anilines is 6. The van der Waals surface area contributed by atoms with Gasteiger partial charge < -0.3 is 18.6 Å². The molecule has 0 atom stereocenters. The molecule has 0 spiro atoms. The molecule has 0 N–H and O–H groups in total. The Balaban J connectivity index is 1.21. The lowest BCUT2D eigenvalue weighted by Gasteiger charge is -2.31. The van der Waals surface area contributed by atoms with Crippen LogP contribution in [0.2, 0.25) is 0 Å². The van der Waals surface area contributed by atoms with Crippen LogP contribution >= 0.6 is 0 Å². The smallest absolute Gasteiger partial charge is 0.159 e. The molecular formula is C60H45N3O2. The first-order chi connectivity index (χ1) is 31.8. The van der Waals surface area contributed by atoms with Gasteiger partial charge in [-0.25, -0.2) is 0 Å². The quantitative estimate of drug-likeness (QED) is 0.143. The Morgan fingerprint density at radius 1 is 0.415 bits per heavy atom. The standard InChI is InChI=1S/C60H45N3O2/c1-35(2)49-32-53(62(39-24-20-37(5)21-25-39)51-16-10-14-45-41-12-6-8-18-55(41)64-59(45)51)47-30-28-44-50(36(3)4)33-54(48-31-29-43(49)57(47)58(44)48)63(40-26-22-38(34-61)23-27-40)52-17-11-15-46-42-13-7-9-19-56(42)65-60(46)52/h6-33,35-36H,1-5H3. The Labute approximate surface area is 377 Å². The molecule has 312 valence electrons. The van der Waals surface area contributed by atoms with Crippen LogP contribution in [0.25, 0.3) is 76.2 Å². The second-order valence-corrected chi connectivity index (χ2v) is 18.0. The van der Waals surface area contributed by atoms with Crippen LogP contribution in [0.5, 0.6) is 0 Å². The van der Waals surface area contributed by atoms with E-state index in [4.69, 9.17) is 8.83 Å². The van der Waals surface area contributed by atoms with Gasteiger partial charge in [0.15, 0.2) is 11.2 Å². The Morgan fingerprint density at radius 3 is 1.28 bits per heavy atom. The third-order valence-electron chi connectivity index (χ3n) is 13.4. The van der Waals surface area contributed by atoms with Gasteiger partial charge in [-0.05, 0) is 124 Å². The number of nitriles is 1. The summed E-state index contributed by atoms with van der Waals surface area (Å²) in [5.41, 5.74) is 13.8. The molecule has 65 heavy (non-hydrogen) atoms. The molecule has 12 aromatic rings. The highest BCUT2D eigenvalue weighted by atomic mass is 16.3. The molecule has 0 amide bonds. The molecule has 0 fully saturated rings. The van der Waals surface area contributed by atoms with Crippen LogP contribution in [-0.4, -0.2) is 0 Å². The number of hydrogen-bond donors (Lipinski definition) is 0. The lowest BCUT2D eigenvalue weighted by molar-refractivity contribution is 0.668. The minimum atomic E-state index is 0.210. The number of fused-ring (bicyclic) bond motifs is 6. The number of para-hydroxylation sites is 4. The van der Waals surface area contributed by atoms with E-state index in [1.807, 2.05) is 30.3 Å². The summed E-state index contributed by atoms with van der Waals surface area (Å²) in [6.45, 7) is 11.3. The van der Waals surface area contributed by atoms with Crippen LogP contribution in [0.4, 0.5) is 34.1 Å². The van der Waals surface area contributed by atoms with Crippen molar-refractivity contribution in [2.45, 2.75) is 46.5 Å². The molecule has 0 aliphatic heterocycles. The van der Waals surface area contributed by atoms with Gasteiger partial charge in [-0.1, -0.05) is 130 Å². The highest BCUT2D eigenvalue weighted by Gasteiger charge is 2.28. The summed E-state index contributed by atoms with van der Waals surface area (Å²) in [7, 11) is 0. The van der Waals surface area contributed by atoms with E-state index < -0.39 is 0 Å². The fourth-order valence-electron chi connectivity index (χ4n) is 10.3. The van der Waals surface area contributed by atoms with E-state index >= 15 is 0 Å². The zero-order valence-electron chi connectivity index (χ0n) is 37.0. The zero-order chi connectivity index (χ0) is 44.1. The predicted molar refractivity (Wildman–Crippen MR) is 272 cm³/mol. The van der Waals surface area contributed by atoms with Gasteiger partial charge in [0.2, 0.25) is 0 Å². The van der Waals surface area contributed by atoms with Crippen molar-refractivity contribution in [3.63, 3.8) is 0 Å².